The summed E-state index contributed by atoms with van der Waals surface area (Å²) in [4.78, 5) is 18.6. The maximum absolute atomic E-state index is 11.2. The molecule has 1 aromatic heterocycles. The van der Waals surface area contributed by atoms with E-state index in [1.807, 2.05) is 12.1 Å². The predicted octanol–water partition coefficient (Wildman–Crippen LogP) is 1.05. The van der Waals surface area contributed by atoms with E-state index >= 15 is 0 Å². The number of hydrogen-bond acceptors (Lipinski definition) is 6. The Morgan fingerprint density at radius 3 is 2.55 bits per heavy atom. The van der Waals surface area contributed by atoms with Gasteiger partial charge in [0.1, 0.15) is 6.20 Å². The maximum Gasteiger partial charge on any atom is 0.271 e. The van der Waals surface area contributed by atoms with E-state index in [0.29, 0.717) is 5.95 Å². The van der Waals surface area contributed by atoms with Crippen molar-refractivity contribution in [3.63, 3.8) is 0 Å². The number of benzene rings is 1. The zero-order valence-corrected chi connectivity index (χ0v) is 12.6. The van der Waals surface area contributed by atoms with Gasteiger partial charge in [-0.3, -0.25) is 9.78 Å². The highest BCUT2D eigenvalue weighted by atomic mass is 16.1. The quantitative estimate of drug-likeness (QED) is 0.879. The first-order valence-electron chi connectivity index (χ1n) is 7.51. The number of aromatic nitrogens is 3. The average Bonchev–Trinajstić information content (AvgIpc) is 2.56. The van der Waals surface area contributed by atoms with E-state index in [0.717, 1.165) is 44.6 Å². The largest absolute Gasteiger partial charge is 0.369 e. The number of nitrogens with zero attached hydrogens (tertiary/aromatic N) is 4. The SMILES string of the molecule is CCN1CCN(c2ccc(Nc3nncc(=O)[nH]3)cc2)CC1. The van der Waals surface area contributed by atoms with Crippen LogP contribution < -0.4 is 15.8 Å². The highest BCUT2D eigenvalue weighted by molar-refractivity contribution is 5.59. The van der Waals surface area contributed by atoms with Gasteiger partial charge in [0.25, 0.3) is 5.56 Å². The van der Waals surface area contributed by atoms with E-state index in [9.17, 15) is 4.79 Å². The molecule has 3 rings (SSSR count). The maximum atomic E-state index is 11.2. The first kappa shape index (κ1) is 14.5. The van der Waals surface area contributed by atoms with Gasteiger partial charge in [-0.05, 0) is 30.8 Å². The molecule has 1 fully saturated rings. The highest BCUT2D eigenvalue weighted by Gasteiger charge is 2.15. The summed E-state index contributed by atoms with van der Waals surface area (Å²) in [5.74, 6) is 0.344. The summed E-state index contributed by atoms with van der Waals surface area (Å²) in [7, 11) is 0. The van der Waals surface area contributed by atoms with Crippen LogP contribution in [0.5, 0.6) is 0 Å². The highest BCUT2D eigenvalue weighted by Crippen LogP contribution is 2.20. The molecule has 1 aliphatic rings. The van der Waals surface area contributed by atoms with Crippen molar-refractivity contribution in [3.05, 3.63) is 40.8 Å². The number of anilines is 3. The molecule has 7 heteroatoms. The van der Waals surface area contributed by atoms with Crippen LogP contribution in [-0.2, 0) is 0 Å². The van der Waals surface area contributed by atoms with Crippen LogP contribution in [0, 0.1) is 0 Å². The first-order chi connectivity index (χ1) is 10.7. The van der Waals surface area contributed by atoms with Crippen LogP contribution in [0.4, 0.5) is 17.3 Å². The van der Waals surface area contributed by atoms with Gasteiger partial charge in [0.15, 0.2) is 0 Å². The summed E-state index contributed by atoms with van der Waals surface area (Å²) >= 11 is 0. The third-order valence-corrected chi connectivity index (χ3v) is 3.89. The Bertz CT molecular complexity index is 660. The third kappa shape index (κ3) is 3.43. The minimum atomic E-state index is -0.275. The zero-order chi connectivity index (χ0) is 15.4. The van der Waals surface area contributed by atoms with Crippen LogP contribution in [0.2, 0.25) is 0 Å². The molecule has 22 heavy (non-hydrogen) atoms. The summed E-state index contributed by atoms with van der Waals surface area (Å²) in [5.41, 5.74) is 1.81. The molecule has 1 aromatic carbocycles. The van der Waals surface area contributed by atoms with E-state index < -0.39 is 0 Å². The number of H-pyrrole nitrogens is 1. The van der Waals surface area contributed by atoms with Crippen molar-refractivity contribution < 1.29 is 0 Å². The summed E-state index contributed by atoms with van der Waals surface area (Å²) in [6, 6.07) is 8.12. The Labute approximate surface area is 129 Å². The summed E-state index contributed by atoms with van der Waals surface area (Å²) in [6.07, 6.45) is 1.14. The van der Waals surface area contributed by atoms with E-state index in [2.05, 4.69) is 49.4 Å². The van der Waals surface area contributed by atoms with Crippen molar-refractivity contribution in [1.82, 2.24) is 20.1 Å². The standard InChI is InChI=1S/C15H20N6O/c1-2-20-7-9-21(10-8-20)13-5-3-12(4-6-13)17-15-18-14(22)11-16-19-15/h3-6,11H,2,7-10H2,1H3,(H2,17,18,19,22). The molecule has 1 aliphatic heterocycles. The molecule has 0 radical (unpaired) electrons. The van der Waals surface area contributed by atoms with E-state index in [4.69, 9.17) is 0 Å². The van der Waals surface area contributed by atoms with Crippen LogP contribution in [-0.4, -0.2) is 52.8 Å². The molecular formula is C15H20N6O. The second kappa shape index (κ2) is 6.57. The number of likely N-dealkylation sites (N-methyl/N-ethyl adjacent to an activating group) is 1. The zero-order valence-electron chi connectivity index (χ0n) is 12.6. The molecule has 0 saturated carbocycles. The molecule has 0 spiro atoms. The molecule has 0 bridgehead atoms. The normalized spacial score (nSPS) is 15.8. The van der Waals surface area contributed by atoms with E-state index in [1.165, 1.54) is 5.69 Å². The monoisotopic (exact) mass is 300 g/mol. The van der Waals surface area contributed by atoms with E-state index in [1.54, 1.807) is 0 Å². The van der Waals surface area contributed by atoms with Crippen molar-refractivity contribution in [2.24, 2.45) is 0 Å². The van der Waals surface area contributed by atoms with E-state index in [-0.39, 0.29) is 5.56 Å². The molecule has 1 saturated heterocycles. The Hall–Kier alpha value is -2.41. The van der Waals surface area contributed by atoms with Crippen molar-refractivity contribution >= 4 is 17.3 Å². The van der Waals surface area contributed by atoms with Crippen LogP contribution in [0.25, 0.3) is 0 Å². The number of hydrogen-bond donors (Lipinski definition) is 2. The molecule has 2 heterocycles. The Morgan fingerprint density at radius 1 is 1.18 bits per heavy atom. The molecule has 2 aromatic rings. The van der Waals surface area contributed by atoms with Crippen molar-refractivity contribution in [3.8, 4) is 0 Å². The first-order valence-corrected chi connectivity index (χ1v) is 7.51. The number of nitrogens with one attached hydrogen (secondary N) is 2. The Kier molecular flexibility index (Phi) is 4.34. The van der Waals surface area contributed by atoms with Gasteiger partial charge in [-0.25, -0.2) is 0 Å². The fourth-order valence-corrected chi connectivity index (χ4v) is 2.58. The Balaban J connectivity index is 1.64. The van der Waals surface area contributed by atoms with Gasteiger partial charge in [-0.2, -0.15) is 0 Å². The molecule has 0 amide bonds. The molecular weight excluding hydrogens is 280 g/mol. The fourth-order valence-electron chi connectivity index (χ4n) is 2.58. The van der Waals surface area contributed by atoms with Crippen LogP contribution in [0.1, 0.15) is 6.92 Å². The second-order valence-corrected chi connectivity index (χ2v) is 5.28. The van der Waals surface area contributed by atoms with Crippen LogP contribution in [0.3, 0.4) is 0 Å². The lowest BCUT2D eigenvalue weighted by molar-refractivity contribution is 0.271. The average molecular weight is 300 g/mol. The van der Waals surface area contributed by atoms with Gasteiger partial charge in [0, 0.05) is 37.6 Å². The fraction of sp³-hybridized carbons (Fsp3) is 0.400. The van der Waals surface area contributed by atoms with Crippen LogP contribution >= 0.6 is 0 Å². The Morgan fingerprint density at radius 2 is 1.91 bits per heavy atom. The van der Waals surface area contributed by atoms with Gasteiger partial charge in [-0.15, -0.1) is 10.2 Å². The van der Waals surface area contributed by atoms with Gasteiger partial charge >= 0.3 is 0 Å². The second-order valence-electron chi connectivity index (χ2n) is 5.28. The lowest BCUT2D eigenvalue weighted by Crippen LogP contribution is -2.46. The minimum Gasteiger partial charge on any atom is -0.369 e. The molecule has 116 valence electrons. The van der Waals surface area contributed by atoms with Crippen molar-refractivity contribution in [2.45, 2.75) is 6.92 Å². The smallest absolute Gasteiger partial charge is 0.271 e. The van der Waals surface area contributed by atoms with Crippen LogP contribution in [0.15, 0.2) is 35.3 Å². The minimum absolute atomic E-state index is 0.275. The molecule has 0 atom stereocenters. The summed E-state index contributed by atoms with van der Waals surface area (Å²) < 4.78 is 0. The number of rotatable bonds is 4. The van der Waals surface area contributed by atoms with Crippen molar-refractivity contribution in [2.75, 3.05) is 42.9 Å². The lowest BCUT2D eigenvalue weighted by Gasteiger charge is -2.35. The molecule has 0 aliphatic carbocycles. The predicted molar refractivity (Wildman–Crippen MR) is 86.7 cm³/mol. The number of piperazine rings is 1. The third-order valence-electron chi connectivity index (χ3n) is 3.89. The molecule has 7 nitrogen and oxygen atoms in total. The number of aromatic amines is 1. The molecule has 0 unspecified atom stereocenters. The lowest BCUT2D eigenvalue weighted by atomic mass is 10.2. The van der Waals surface area contributed by atoms with Crippen molar-refractivity contribution in [1.29, 1.82) is 0 Å². The van der Waals surface area contributed by atoms with Gasteiger partial charge in [0.2, 0.25) is 5.95 Å². The van der Waals surface area contributed by atoms with Gasteiger partial charge in [-0.1, -0.05) is 6.92 Å². The van der Waals surface area contributed by atoms with Gasteiger partial charge < -0.3 is 15.1 Å². The topological polar surface area (TPSA) is 77.2 Å². The summed E-state index contributed by atoms with van der Waals surface area (Å²) in [6.45, 7) is 7.64. The van der Waals surface area contributed by atoms with Gasteiger partial charge in [0.05, 0.1) is 0 Å². The summed E-state index contributed by atoms with van der Waals surface area (Å²) in [5, 5.41) is 10.5. The molecule has 2 N–H and O–H groups in total.